The zero-order valence-corrected chi connectivity index (χ0v) is 13.6. The fourth-order valence-electron chi connectivity index (χ4n) is 2.49. The summed E-state index contributed by atoms with van der Waals surface area (Å²) < 4.78 is 15.5. The second kappa shape index (κ2) is 7.53. The molecule has 0 saturated heterocycles. The van der Waals surface area contributed by atoms with E-state index in [2.05, 4.69) is 10.1 Å². The lowest BCUT2D eigenvalue weighted by Gasteiger charge is -2.13. The highest BCUT2D eigenvalue weighted by Crippen LogP contribution is 2.24. The Morgan fingerprint density at radius 1 is 0.960 bits per heavy atom. The second-order valence-corrected chi connectivity index (χ2v) is 5.36. The van der Waals surface area contributed by atoms with E-state index in [4.69, 9.17) is 8.83 Å². The van der Waals surface area contributed by atoms with Gasteiger partial charge in [0.15, 0.2) is 0 Å². The van der Waals surface area contributed by atoms with Gasteiger partial charge in [0.2, 0.25) is 0 Å². The zero-order valence-electron chi connectivity index (χ0n) is 13.6. The third-order valence-electron chi connectivity index (χ3n) is 3.81. The lowest BCUT2D eigenvalue weighted by Crippen LogP contribution is -2.28. The molecular weight excluding hydrogens is 322 g/mol. The average molecular weight is 339 g/mol. The monoisotopic (exact) mass is 339 g/mol. The van der Waals surface area contributed by atoms with Gasteiger partial charge >= 0.3 is 5.97 Å². The number of nitrogens with one attached hydrogen (secondary N) is 1. The van der Waals surface area contributed by atoms with E-state index in [-0.39, 0.29) is 11.8 Å². The van der Waals surface area contributed by atoms with Crippen molar-refractivity contribution in [1.82, 2.24) is 5.32 Å². The number of furan rings is 2. The maximum absolute atomic E-state index is 12.4. The van der Waals surface area contributed by atoms with Gasteiger partial charge in [-0.05, 0) is 48.5 Å². The molecule has 0 radical (unpaired) electrons. The molecule has 25 heavy (non-hydrogen) atoms. The van der Waals surface area contributed by atoms with Crippen LogP contribution >= 0.6 is 0 Å². The largest absolute Gasteiger partial charge is 0.469 e. The van der Waals surface area contributed by atoms with E-state index in [9.17, 15) is 9.59 Å². The Labute approximate surface area is 144 Å². The molecule has 1 N–H and O–H groups in total. The molecule has 6 heteroatoms. The molecule has 0 bridgehead atoms. The second-order valence-electron chi connectivity index (χ2n) is 5.36. The Morgan fingerprint density at radius 3 is 2.00 bits per heavy atom. The molecule has 0 fully saturated rings. The van der Waals surface area contributed by atoms with Gasteiger partial charge in [0.05, 0.1) is 31.1 Å². The summed E-state index contributed by atoms with van der Waals surface area (Å²) in [5.74, 6) is 0.498. The number of methoxy groups -OCH3 is 1. The SMILES string of the molecule is COC(=O)c1ccc(C(=O)NCC(c2ccco2)c2ccco2)cc1. The minimum atomic E-state index is -0.442. The number of amides is 1. The Bertz CT molecular complexity index is 785. The molecule has 0 aliphatic carbocycles. The number of benzene rings is 1. The van der Waals surface area contributed by atoms with Crippen LogP contribution in [0.4, 0.5) is 0 Å². The van der Waals surface area contributed by atoms with Crippen LogP contribution in [-0.4, -0.2) is 25.5 Å². The lowest BCUT2D eigenvalue weighted by atomic mass is 10.0. The molecule has 0 spiro atoms. The van der Waals surface area contributed by atoms with E-state index in [0.29, 0.717) is 29.2 Å². The number of esters is 1. The normalized spacial score (nSPS) is 10.6. The maximum atomic E-state index is 12.4. The van der Waals surface area contributed by atoms with Crippen molar-refractivity contribution in [3.8, 4) is 0 Å². The Balaban J connectivity index is 1.69. The summed E-state index contributed by atoms with van der Waals surface area (Å²) in [6.45, 7) is 0.318. The zero-order chi connectivity index (χ0) is 17.6. The number of ether oxygens (including phenoxy) is 1. The molecular formula is C19H17NO5. The van der Waals surface area contributed by atoms with Crippen molar-refractivity contribution < 1.29 is 23.2 Å². The quantitative estimate of drug-likeness (QED) is 0.697. The molecule has 0 saturated carbocycles. The highest BCUT2D eigenvalue weighted by molar-refractivity contribution is 5.96. The molecule has 6 nitrogen and oxygen atoms in total. The molecule has 3 rings (SSSR count). The van der Waals surface area contributed by atoms with Crippen LogP contribution in [-0.2, 0) is 4.74 Å². The highest BCUT2D eigenvalue weighted by Gasteiger charge is 2.21. The number of carbonyl (C=O) groups is 2. The summed E-state index contributed by atoms with van der Waals surface area (Å²) in [6, 6.07) is 13.5. The van der Waals surface area contributed by atoms with Crippen LogP contribution in [0.25, 0.3) is 0 Å². The first-order chi connectivity index (χ1) is 12.2. The van der Waals surface area contributed by atoms with Gasteiger partial charge < -0.3 is 18.9 Å². The predicted octanol–water partition coefficient (Wildman–Crippen LogP) is 3.22. The standard InChI is InChI=1S/C19H17NO5/c1-23-19(22)14-8-6-13(7-9-14)18(21)20-12-15(16-4-2-10-24-16)17-5-3-11-25-17/h2-11,15H,12H2,1H3,(H,20,21). The van der Waals surface area contributed by atoms with Gasteiger partial charge in [-0.2, -0.15) is 0 Å². The van der Waals surface area contributed by atoms with Crippen LogP contribution in [0.1, 0.15) is 38.2 Å². The van der Waals surface area contributed by atoms with E-state index in [0.717, 1.165) is 0 Å². The van der Waals surface area contributed by atoms with Crippen molar-refractivity contribution in [2.75, 3.05) is 13.7 Å². The number of rotatable bonds is 6. The van der Waals surface area contributed by atoms with Crippen molar-refractivity contribution in [2.45, 2.75) is 5.92 Å². The van der Waals surface area contributed by atoms with Crippen LogP contribution < -0.4 is 5.32 Å². The van der Waals surface area contributed by atoms with Crippen LogP contribution in [0.15, 0.2) is 69.9 Å². The van der Waals surface area contributed by atoms with Crippen molar-refractivity contribution in [1.29, 1.82) is 0 Å². The van der Waals surface area contributed by atoms with E-state index >= 15 is 0 Å². The first-order valence-electron chi connectivity index (χ1n) is 7.72. The number of carbonyl (C=O) groups excluding carboxylic acids is 2. The van der Waals surface area contributed by atoms with Crippen LogP contribution in [0, 0.1) is 0 Å². The van der Waals surface area contributed by atoms with Gasteiger partial charge in [-0.15, -0.1) is 0 Å². The van der Waals surface area contributed by atoms with Gasteiger partial charge in [-0.25, -0.2) is 4.79 Å². The summed E-state index contributed by atoms with van der Waals surface area (Å²) in [7, 11) is 1.31. The van der Waals surface area contributed by atoms with E-state index in [1.807, 2.05) is 12.1 Å². The average Bonchev–Trinajstić information content (AvgIpc) is 3.35. The molecule has 0 unspecified atom stereocenters. The number of hydrogen-bond donors (Lipinski definition) is 1. The maximum Gasteiger partial charge on any atom is 0.337 e. The van der Waals surface area contributed by atoms with Crippen molar-refractivity contribution >= 4 is 11.9 Å². The predicted molar refractivity (Wildman–Crippen MR) is 89.4 cm³/mol. The van der Waals surface area contributed by atoms with Gasteiger partial charge in [0, 0.05) is 12.1 Å². The highest BCUT2D eigenvalue weighted by atomic mass is 16.5. The van der Waals surface area contributed by atoms with Crippen LogP contribution in [0.3, 0.4) is 0 Å². The van der Waals surface area contributed by atoms with Crippen molar-refractivity contribution in [3.63, 3.8) is 0 Å². The molecule has 0 atom stereocenters. The molecule has 3 aromatic rings. The summed E-state index contributed by atoms with van der Waals surface area (Å²) in [4.78, 5) is 23.8. The number of hydrogen-bond acceptors (Lipinski definition) is 5. The smallest absolute Gasteiger partial charge is 0.337 e. The first kappa shape index (κ1) is 16.6. The minimum absolute atomic E-state index is 0.219. The van der Waals surface area contributed by atoms with E-state index in [1.165, 1.54) is 7.11 Å². The van der Waals surface area contributed by atoms with E-state index < -0.39 is 5.97 Å². The summed E-state index contributed by atoms with van der Waals surface area (Å²) >= 11 is 0. The molecule has 0 aliphatic heterocycles. The lowest BCUT2D eigenvalue weighted by molar-refractivity contribution is 0.0600. The van der Waals surface area contributed by atoms with Crippen molar-refractivity contribution in [2.24, 2.45) is 0 Å². The summed E-state index contributed by atoms with van der Waals surface area (Å²) in [6.07, 6.45) is 3.16. The Morgan fingerprint density at radius 2 is 1.52 bits per heavy atom. The van der Waals surface area contributed by atoms with E-state index in [1.54, 1.807) is 48.9 Å². The molecule has 128 valence electrons. The van der Waals surface area contributed by atoms with Gasteiger partial charge in [-0.3, -0.25) is 4.79 Å². The van der Waals surface area contributed by atoms with Crippen LogP contribution in [0.5, 0.6) is 0 Å². The fourth-order valence-corrected chi connectivity index (χ4v) is 2.49. The Kier molecular flexibility index (Phi) is 4.99. The molecule has 1 aromatic carbocycles. The molecule has 2 heterocycles. The van der Waals surface area contributed by atoms with Gasteiger partial charge in [-0.1, -0.05) is 0 Å². The summed E-state index contributed by atoms with van der Waals surface area (Å²) in [5.41, 5.74) is 0.841. The van der Waals surface area contributed by atoms with Crippen LogP contribution in [0.2, 0.25) is 0 Å². The van der Waals surface area contributed by atoms with Gasteiger partial charge in [0.25, 0.3) is 5.91 Å². The molecule has 2 aromatic heterocycles. The van der Waals surface area contributed by atoms with Crippen molar-refractivity contribution in [3.05, 3.63) is 83.7 Å². The molecule has 0 aliphatic rings. The summed E-state index contributed by atoms with van der Waals surface area (Å²) in [5, 5.41) is 2.86. The molecule has 1 amide bonds. The fraction of sp³-hybridized carbons (Fsp3) is 0.158. The third kappa shape index (κ3) is 3.80. The topological polar surface area (TPSA) is 81.7 Å². The first-order valence-corrected chi connectivity index (χ1v) is 7.72. The van der Waals surface area contributed by atoms with Gasteiger partial charge in [0.1, 0.15) is 11.5 Å². The third-order valence-corrected chi connectivity index (χ3v) is 3.81. The minimum Gasteiger partial charge on any atom is -0.469 e. The Hall–Kier alpha value is -3.28.